The number of piperidine rings is 2. The van der Waals surface area contributed by atoms with E-state index in [0.29, 0.717) is 29.6 Å². The van der Waals surface area contributed by atoms with Gasteiger partial charge in [0, 0.05) is 43.1 Å². The Balaban J connectivity index is 1.22. The molecule has 1 aliphatic carbocycles. The van der Waals surface area contributed by atoms with Gasteiger partial charge in [-0.05, 0) is 55.5 Å². The van der Waals surface area contributed by atoms with E-state index in [1.54, 1.807) is 30.7 Å². The molecule has 10 heteroatoms. The van der Waals surface area contributed by atoms with Gasteiger partial charge in [0.1, 0.15) is 5.82 Å². The van der Waals surface area contributed by atoms with Crippen molar-refractivity contribution in [2.24, 2.45) is 5.92 Å². The Morgan fingerprint density at radius 2 is 1.91 bits per heavy atom. The number of carbonyl (C=O) groups excluding carboxylic acids is 2. The van der Waals surface area contributed by atoms with Crippen LogP contribution in [0.4, 0.5) is 0 Å². The Labute approximate surface area is 189 Å². The summed E-state index contributed by atoms with van der Waals surface area (Å²) in [7, 11) is 0. The van der Waals surface area contributed by atoms with Crippen molar-refractivity contribution in [3.63, 3.8) is 0 Å². The first-order chi connectivity index (χ1) is 16.2. The van der Waals surface area contributed by atoms with Crippen LogP contribution < -0.4 is 5.32 Å². The number of rotatable bonds is 4. The van der Waals surface area contributed by atoms with E-state index < -0.39 is 0 Å². The van der Waals surface area contributed by atoms with Crippen molar-refractivity contribution in [2.75, 3.05) is 6.54 Å². The van der Waals surface area contributed by atoms with Crippen LogP contribution in [0.25, 0.3) is 11.6 Å². The standard InChI is InChI=1S/C23H22N8O2/c32-21(20-27-23-25-7-3-11-31(23)28-20)26-17-12-15-4-5-18(17)30(14-15)22(33)16-6-8-24-19(13-16)29-9-1-2-10-29/h1-3,6-11,13,15,17-18H,4-5,12,14H2,(H,26,32). The third-order valence-electron chi connectivity index (χ3n) is 6.54. The van der Waals surface area contributed by atoms with E-state index in [1.165, 1.54) is 4.52 Å². The van der Waals surface area contributed by atoms with Crippen LogP contribution in [0.3, 0.4) is 0 Å². The normalized spacial score (nSPS) is 21.9. The van der Waals surface area contributed by atoms with Crippen LogP contribution in [-0.2, 0) is 0 Å². The highest BCUT2D eigenvalue weighted by molar-refractivity contribution is 5.95. The summed E-state index contributed by atoms with van der Waals surface area (Å²) in [6.07, 6.45) is 11.5. The molecule has 0 spiro atoms. The van der Waals surface area contributed by atoms with Gasteiger partial charge in [0.15, 0.2) is 0 Å². The van der Waals surface area contributed by atoms with Crippen LogP contribution in [0.15, 0.2) is 61.3 Å². The molecule has 2 bridgehead atoms. The number of nitrogens with one attached hydrogen (secondary N) is 1. The number of aromatic nitrogens is 6. The molecule has 2 saturated heterocycles. The summed E-state index contributed by atoms with van der Waals surface area (Å²) < 4.78 is 3.35. The Morgan fingerprint density at radius 3 is 2.73 bits per heavy atom. The summed E-state index contributed by atoms with van der Waals surface area (Å²) in [6, 6.07) is 8.92. The highest BCUT2D eigenvalue weighted by Gasteiger charge is 2.44. The van der Waals surface area contributed by atoms with Crippen molar-refractivity contribution in [2.45, 2.75) is 31.3 Å². The van der Waals surface area contributed by atoms with Gasteiger partial charge in [0.2, 0.25) is 5.82 Å². The van der Waals surface area contributed by atoms with Crippen LogP contribution in [0.5, 0.6) is 0 Å². The number of fused-ring (bicyclic) bond motifs is 4. The van der Waals surface area contributed by atoms with E-state index in [2.05, 4.69) is 25.4 Å². The summed E-state index contributed by atoms with van der Waals surface area (Å²) in [5, 5.41) is 7.30. The van der Waals surface area contributed by atoms with Gasteiger partial charge in [0.05, 0.1) is 12.1 Å². The van der Waals surface area contributed by atoms with Gasteiger partial charge in [-0.15, -0.1) is 5.10 Å². The van der Waals surface area contributed by atoms with Gasteiger partial charge >= 0.3 is 0 Å². The first-order valence-corrected chi connectivity index (χ1v) is 11.0. The van der Waals surface area contributed by atoms with Crippen molar-refractivity contribution in [3.05, 3.63) is 72.7 Å². The molecule has 10 nitrogen and oxygen atoms in total. The highest BCUT2D eigenvalue weighted by atomic mass is 16.2. The minimum absolute atomic E-state index is 0.0329. The van der Waals surface area contributed by atoms with Crippen LogP contribution in [-0.4, -0.2) is 64.5 Å². The second kappa shape index (κ2) is 7.80. The first-order valence-electron chi connectivity index (χ1n) is 11.0. The number of nitrogens with zero attached hydrogens (tertiary/aromatic N) is 7. The predicted molar refractivity (Wildman–Crippen MR) is 118 cm³/mol. The smallest absolute Gasteiger partial charge is 0.291 e. The Hall–Kier alpha value is -4.08. The van der Waals surface area contributed by atoms with Gasteiger partial charge in [-0.1, -0.05) is 0 Å². The summed E-state index contributed by atoms with van der Waals surface area (Å²) in [6.45, 7) is 0.702. The van der Waals surface area contributed by atoms with E-state index >= 15 is 0 Å². The molecule has 7 rings (SSSR count). The maximum absolute atomic E-state index is 13.5. The van der Waals surface area contributed by atoms with Crippen molar-refractivity contribution >= 4 is 17.6 Å². The minimum atomic E-state index is -0.343. The molecule has 2 aliphatic heterocycles. The van der Waals surface area contributed by atoms with Gasteiger partial charge in [-0.2, -0.15) is 4.98 Å². The molecule has 3 aliphatic rings. The first kappa shape index (κ1) is 19.6. The molecule has 1 N–H and O–H groups in total. The van der Waals surface area contributed by atoms with Crippen molar-refractivity contribution in [3.8, 4) is 5.82 Å². The maximum atomic E-state index is 13.5. The average molecular weight is 442 g/mol. The minimum Gasteiger partial charge on any atom is -0.344 e. The summed E-state index contributed by atoms with van der Waals surface area (Å²) >= 11 is 0. The van der Waals surface area contributed by atoms with Crippen LogP contribution in [0.1, 0.15) is 40.2 Å². The summed E-state index contributed by atoms with van der Waals surface area (Å²) in [5.74, 6) is 1.13. The lowest BCUT2D eigenvalue weighted by molar-refractivity contribution is 0.0174. The Kier molecular flexibility index (Phi) is 4.63. The average Bonchev–Trinajstić information content (AvgIpc) is 3.54. The molecule has 166 valence electrons. The summed E-state index contributed by atoms with van der Waals surface area (Å²) in [5.41, 5.74) is 0.597. The molecule has 4 aromatic heterocycles. The van der Waals surface area contributed by atoms with Crippen LogP contribution in [0.2, 0.25) is 0 Å². The fraction of sp³-hybridized carbons (Fsp3) is 0.304. The second-order valence-electron chi connectivity index (χ2n) is 8.58. The lowest BCUT2D eigenvalue weighted by Crippen LogP contribution is -2.62. The van der Waals surface area contributed by atoms with Crippen molar-refractivity contribution in [1.29, 1.82) is 0 Å². The molecule has 6 heterocycles. The second-order valence-corrected chi connectivity index (χ2v) is 8.58. The third-order valence-corrected chi connectivity index (χ3v) is 6.54. The molecule has 3 fully saturated rings. The van der Waals surface area contributed by atoms with Crippen molar-refractivity contribution < 1.29 is 9.59 Å². The van der Waals surface area contributed by atoms with Crippen molar-refractivity contribution in [1.82, 2.24) is 39.3 Å². The van der Waals surface area contributed by atoms with E-state index in [4.69, 9.17) is 0 Å². The quantitative estimate of drug-likeness (QED) is 0.515. The largest absolute Gasteiger partial charge is 0.344 e. The molecule has 1 saturated carbocycles. The third kappa shape index (κ3) is 3.53. The predicted octanol–water partition coefficient (Wildman–Crippen LogP) is 1.73. The molecule has 4 aromatic rings. The van der Waals surface area contributed by atoms with E-state index in [-0.39, 0.29) is 29.7 Å². The van der Waals surface area contributed by atoms with E-state index in [9.17, 15) is 9.59 Å². The van der Waals surface area contributed by atoms with E-state index in [1.807, 2.05) is 40.1 Å². The molecule has 33 heavy (non-hydrogen) atoms. The molecule has 0 radical (unpaired) electrons. The molecular formula is C23H22N8O2. The topological polar surface area (TPSA) is 110 Å². The van der Waals surface area contributed by atoms with Gasteiger partial charge in [-0.25, -0.2) is 14.5 Å². The van der Waals surface area contributed by atoms with Gasteiger partial charge < -0.3 is 14.8 Å². The SMILES string of the molecule is O=C(NC1CC2CCC1N(C(=O)c1ccnc(-n3cccc3)c1)C2)c1nc2ncccn2n1. The number of hydrogen-bond acceptors (Lipinski definition) is 6. The molecular weight excluding hydrogens is 420 g/mol. The molecule has 3 atom stereocenters. The summed E-state index contributed by atoms with van der Waals surface area (Å²) in [4.78, 5) is 41.0. The monoisotopic (exact) mass is 442 g/mol. The number of pyridine rings is 1. The van der Waals surface area contributed by atoms with Gasteiger partial charge in [0.25, 0.3) is 17.6 Å². The number of amides is 2. The lowest BCUT2D eigenvalue weighted by Gasteiger charge is -2.50. The van der Waals surface area contributed by atoms with Gasteiger partial charge in [-0.3, -0.25) is 9.59 Å². The molecule has 2 amide bonds. The van der Waals surface area contributed by atoms with Crippen LogP contribution in [0, 0.1) is 5.92 Å². The lowest BCUT2D eigenvalue weighted by atomic mass is 9.76. The Bertz CT molecular complexity index is 1300. The van der Waals surface area contributed by atoms with Crippen LogP contribution >= 0.6 is 0 Å². The zero-order valence-electron chi connectivity index (χ0n) is 17.8. The number of hydrogen-bond donors (Lipinski definition) is 1. The fourth-order valence-electron chi connectivity index (χ4n) is 4.99. The number of carbonyl (C=O) groups is 2. The highest BCUT2D eigenvalue weighted by Crippen LogP contribution is 2.36. The molecule has 3 unspecified atom stereocenters. The zero-order valence-corrected chi connectivity index (χ0v) is 17.8. The molecule has 0 aromatic carbocycles. The zero-order chi connectivity index (χ0) is 22.4. The fourth-order valence-corrected chi connectivity index (χ4v) is 4.99. The van der Waals surface area contributed by atoms with E-state index in [0.717, 1.165) is 19.3 Å². The maximum Gasteiger partial charge on any atom is 0.291 e. The Morgan fingerprint density at radius 1 is 1.03 bits per heavy atom.